The van der Waals surface area contributed by atoms with E-state index in [4.69, 9.17) is 4.74 Å². The highest BCUT2D eigenvalue weighted by atomic mass is 32.1. The maximum atomic E-state index is 12.4. The van der Waals surface area contributed by atoms with Gasteiger partial charge in [-0.05, 0) is 18.4 Å². The highest BCUT2D eigenvalue weighted by Gasteiger charge is 2.27. The van der Waals surface area contributed by atoms with Gasteiger partial charge in [0.2, 0.25) is 0 Å². The predicted octanol–water partition coefficient (Wildman–Crippen LogP) is 1.35. The van der Waals surface area contributed by atoms with E-state index in [-0.39, 0.29) is 11.5 Å². The van der Waals surface area contributed by atoms with E-state index in [0.29, 0.717) is 36.8 Å². The van der Waals surface area contributed by atoms with Crippen molar-refractivity contribution in [2.75, 3.05) is 19.7 Å². The Labute approximate surface area is 125 Å². The molecule has 6 nitrogen and oxygen atoms in total. The molecule has 1 fully saturated rings. The summed E-state index contributed by atoms with van der Waals surface area (Å²) in [5.74, 6) is 0.461. The van der Waals surface area contributed by atoms with Crippen molar-refractivity contribution in [3.63, 3.8) is 0 Å². The molecule has 2 aromatic heterocycles. The van der Waals surface area contributed by atoms with E-state index in [2.05, 4.69) is 9.97 Å². The lowest BCUT2D eigenvalue weighted by Crippen LogP contribution is -2.42. The number of thiophene rings is 1. The van der Waals surface area contributed by atoms with Crippen LogP contribution < -0.4 is 5.56 Å². The van der Waals surface area contributed by atoms with E-state index in [9.17, 15) is 9.59 Å². The maximum Gasteiger partial charge on any atom is 0.254 e. The average Bonchev–Trinajstić information content (AvgIpc) is 3.00. The second kappa shape index (κ2) is 5.79. The van der Waals surface area contributed by atoms with Crippen molar-refractivity contribution >= 4 is 17.2 Å². The van der Waals surface area contributed by atoms with Gasteiger partial charge in [0.1, 0.15) is 11.9 Å². The van der Waals surface area contributed by atoms with Crippen molar-refractivity contribution in [2.45, 2.75) is 13.0 Å². The standard InChI is InChI=1S/C14H15N3O3S/c1-9-6-12(18)16-13(15-9)11-7-17(3-4-20-11)14(19)10-2-5-21-8-10/h2,5-6,8,11H,3-4,7H2,1H3,(H,15,16,18)/t11-/m1/s1. The van der Waals surface area contributed by atoms with Crippen molar-refractivity contribution in [3.05, 3.63) is 50.3 Å². The Morgan fingerprint density at radius 2 is 2.43 bits per heavy atom. The van der Waals surface area contributed by atoms with Crippen LogP contribution in [0.4, 0.5) is 0 Å². The zero-order chi connectivity index (χ0) is 14.8. The van der Waals surface area contributed by atoms with Crippen LogP contribution in [0.25, 0.3) is 0 Å². The third-order valence-corrected chi connectivity index (χ3v) is 4.00. The fraction of sp³-hybridized carbons (Fsp3) is 0.357. The molecule has 0 spiro atoms. The lowest BCUT2D eigenvalue weighted by molar-refractivity contribution is -0.0269. The number of aryl methyl sites for hydroxylation is 1. The summed E-state index contributed by atoms with van der Waals surface area (Å²) in [5.41, 5.74) is 1.12. The average molecular weight is 305 g/mol. The number of nitrogens with zero attached hydrogens (tertiary/aromatic N) is 2. The number of amides is 1. The molecule has 3 rings (SSSR count). The molecule has 0 saturated carbocycles. The summed E-state index contributed by atoms with van der Waals surface area (Å²) in [6.45, 7) is 3.12. The first-order chi connectivity index (χ1) is 10.1. The molecule has 1 atom stereocenters. The minimum absolute atomic E-state index is 0.0143. The summed E-state index contributed by atoms with van der Waals surface area (Å²) in [6, 6.07) is 3.24. The fourth-order valence-electron chi connectivity index (χ4n) is 2.32. The zero-order valence-electron chi connectivity index (χ0n) is 11.5. The molecule has 1 N–H and O–H groups in total. The number of aromatic amines is 1. The van der Waals surface area contributed by atoms with Crippen molar-refractivity contribution in [2.24, 2.45) is 0 Å². The van der Waals surface area contributed by atoms with Crippen LogP contribution in [-0.4, -0.2) is 40.5 Å². The molecule has 21 heavy (non-hydrogen) atoms. The molecule has 3 heterocycles. The van der Waals surface area contributed by atoms with Crippen molar-refractivity contribution < 1.29 is 9.53 Å². The lowest BCUT2D eigenvalue weighted by atomic mass is 10.2. The molecular formula is C14H15N3O3S. The normalized spacial score (nSPS) is 18.7. The van der Waals surface area contributed by atoms with E-state index >= 15 is 0 Å². The number of carbonyl (C=O) groups is 1. The van der Waals surface area contributed by atoms with Crippen LogP contribution >= 0.6 is 11.3 Å². The topological polar surface area (TPSA) is 75.3 Å². The quantitative estimate of drug-likeness (QED) is 0.909. The van der Waals surface area contributed by atoms with Crippen LogP contribution in [0, 0.1) is 6.92 Å². The van der Waals surface area contributed by atoms with E-state index in [1.54, 1.807) is 11.8 Å². The molecule has 0 bridgehead atoms. The van der Waals surface area contributed by atoms with Crippen LogP contribution in [0.2, 0.25) is 0 Å². The van der Waals surface area contributed by atoms with Gasteiger partial charge in [0.25, 0.3) is 11.5 Å². The van der Waals surface area contributed by atoms with E-state index in [1.165, 1.54) is 17.4 Å². The molecular weight excluding hydrogens is 290 g/mol. The van der Waals surface area contributed by atoms with Crippen LogP contribution in [0.1, 0.15) is 28.0 Å². The van der Waals surface area contributed by atoms with Gasteiger partial charge in [-0.15, -0.1) is 0 Å². The summed E-state index contributed by atoms with van der Waals surface area (Å²) in [6.07, 6.45) is -0.395. The fourth-order valence-corrected chi connectivity index (χ4v) is 2.95. The van der Waals surface area contributed by atoms with E-state index < -0.39 is 6.10 Å². The van der Waals surface area contributed by atoms with Gasteiger partial charge in [0.15, 0.2) is 0 Å². The second-order valence-corrected chi connectivity index (χ2v) is 5.67. The highest BCUT2D eigenvalue weighted by molar-refractivity contribution is 7.08. The molecule has 110 valence electrons. The highest BCUT2D eigenvalue weighted by Crippen LogP contribution is 2.20. The van der Waals surface area contributed by atoms with E-state index in [1.807, 2.05) is 16.8 Å². The number of carbonyl (C=O) groups excluding carboxylic acids is 1. The molecule has 1 amide bonds. The molecule has 0 aromatic carbocycles. The van der Waals surface area contributed by atoms with Gasteiger partial charge in [0.05, 0.1) is 18.7 Å². The first-order valence-electron chi connectivity index (χ1n) is 6.64. The van der Waals surface area contributed by atoms with Gasteiger partial charge >= 0.3 is 0 Å². The monoisotopic (exact) mass is 305 g/mol. The van der Waals surface area contributed by atoms with Gasteiger partial charge < -0.3 is 14.6 Å². The molecule has 2 aromatic rings. The van der Waals surface area contributed by atoms with Crippen molar-refractivity contribution in [3.8, 4) is 0 Å². The summed E-state index contributed by atoms with van der Waals surface area (Å²) < 4.78 is 5.65. The van der Waals surface area contributed by atoms with Gasteiger partial charge in [-0.3, -0.25) is 9.59 Å². The Morgan fingerprint density at radius 1 is 1.57 bits per heavy atom. The zero-order valence-corrected chi connectivity index (χ0v) is 12.4. The van der Waals surface area contributed by atoms with Gasteiger partial charge in [0, 0.05) is 23.7 Å². The van der Waals surface area contributed by atoms with Gasteiger partial charge in [-0.25, -0.2) is 4.98 Å². The van der Waals surface area contributed by atoms with Crippen molar-refractivity contribution in [1.29, 1.82) is 0 Å². The number of H-pyrrole nitrogens is 1. The van der Waals surface area contributed by atoms with Gasteiger partial charge in [-0.1, -0.05) is 0 Å². The number of morpholine rings is 1. The number of rotatable bonds is 2. The molecule has 1 saturated heterocycles. The van der Waals surface area contributed by atoms with Crippen LogP contribution in [0.3, 0.4) is 0 Å². The maximum absolute atomic E-state index is 12.4. The molecule has 7 heteroatoms. The molecule has 0 aliphatic carbocycles. The smallest absolute Gasteiger partial charge is 0.254 e. The van der Waals surface area contributed by atoms with E-state index in [0.717, 1.165) is 0 Å². The minimum atomic E-state index is -0.395. The number of ether oxygens (including phenoxy) is 1. The SMILES string of the molecule is Cc1cc(=O)[nH]c([C@H]2CN(C(=O)c3ccsc3)CCO2)n1. The first-order valence-corrected chi connectivity index (χ1v) is 7.59. The third kappa shape index (κ3) is 3.03. The Balaban J connectivity index is 1.79. The first kappa shape index (κ1) is 14.0. The molecule has 0 unspecified atom stereocenters. The largest absolute Gasteiger partial charge is 0.367 e. The summed E-state index contributed by atoms with van der Waals surface area (Å²) in [4.78, 5) is 32.6. The summed E-state index contributed by atoms with van der Waals surface area (Å²) in [7, 11) is 0. The number of hydrogen-bond donors (Lipinski definition) is 1. The third-order valence-electron chi connectivity index (χ3n) is 3.31. The molecule has 1 aliphatic rings. The summed E-state index contributed by atoms with van der Waals surface area (Å²) >= 11 is 1.49. The number of aromatic nitrogens is 2. The Bertz CT molecular complexity index is 696. The van der Waals surface area contributed by atoms with Crippen molar-refractivity contribution in [1.82, 2.24) is 14.9 Å². The predicted molar refractivity (Wildman–Crippen MR) is 78.5 cm³/mol. The number of hydrogen-bond acceptors (Lipinski definition) is 5. The van der Waals surface area contributed by atoms with Crippen LogP contribution in [0.15, 0.2) is 27.7 Å². The molecule has 1 aliphatic heterocycles. The van der Waals surface area contributed by atoms with Crippen LogP contribution in [-0.2, 0) is 4.74 Å². The second-order valence-electron chi connectivity index (χ2n) is 4.89. The molecule has 0 radical (unpaired) electrons. The Hall–Kier alpha value is -1.99. The summed E-state index contributed by atoms with van der Waals surface area (Å²) in [5, 5.41) is 3.71. The minimum Gasteiger partial charge on any atom is -0.367 e. The lowest BCUT2D eigenvalue weighted by Gasteiger charge is -2.32. The van der Waals surface area contributed by atoms with Crippen LogP contribution in [0.5, 0.6) is 0 Å². The van der Waals surface area contributed by atoms with Gasteiger partial charge in [-0.2, -0.15) is 11.3 Å². The Morgan fingerprint density at radius 3 is 3.14 bits per heavy atom. The number of nitrogens with one attached hydrogen (secondary N) is 1. The Kier molecular flexibility index (Phi) is 3.85.